The average molecular weight is 344 g/mol. The fourth-order valence-electron chi connectivity index (χ4n) is 1.70. The number of anilines is 1. The molecule has 1 N–H and O–H groups in total. The molecule has 0 heterocycles. The van der Waals surface area contributed by atoms with Gasteiger partial charge in [-0.1, -0.05) is 23.7 Å². The normalized spacial score (nSPS) is 11.7. The molecule has 0 radical (unpaired) electrons. The van der Waals surface area contributed by atoms with Crippen LogP contribution < -0.4 is 5.43 Å². The van der Waals surface area contributed by atoms with Crippen molar-refractivity contribution >= 4 is 29.2 Å². The van der Waals surface area contributed by atoms with Crippen LogP contribution in [0.15, 0.2) is 47.6 Å². The smallest absolute Gasteiger partial charge is 0.278 e. The van der Waals surface area contributed by atoms with Crippen LogP contribution in [-0.4, -0.2) is 11.1 Å². The van der Waals surface area contributed by atoms with E-state index in [0.717, 1.165) is 12.1 Å². The van der Waals surface area contributed by atoms with Crippen LogP contribution >= 0.6 is 11.6 Å². The second kappa shape index (κ2) is 6.66. The Labute approximate surface area is 133 Å². The summed E-state index contributed by atoms with van der Waals surface area (Å²) in [7, 11) is 0. The third-order valence-electron chi connectivity index (χ3n) is 2.76. The van der Waals surface area contributed by atoms with Crippen molar-refractivity contribution in [2.45, 2.75) is 6.18 Å². The monoisotopic (exact) mass is 343 g/mol. The van der Waals surface area contributed by atoms with Crippen LogP contribution in [0.1, 0.15) is 11.1 Å². The van der Waals surface area contributed by atoms with Crippen molar-refractivity contribution in [2.75, 3.05) is 5.43 Å². The molecule has 0 fully saturated rings. The molecule has 0 aromatic heterocycles. The molecule has 0 saturated carbocycles. The highest BCUT2D eigenvalue weighted by Crippen LogP contribution is 2.30. The molecule has 0 saturated heterocycles. The number of benzene rings is 2. The fourth-order valence-corrected chi connectivity index (χ4v) is 1.88. The fraction of sp³-hybridized carbons (Fsp3) is 0.0714. The summed E-state index contributed by atoms with van der Waals surface area (Å²) >= 11 is 5.67. The van der Waals surface area contributed by atoms with E-state index in [4.69, 9.17) is 11.6 Å². The molecule has 0 atom stereocenters. The number of hydrogen-bond donors (Lipinski definition) is 1. The van der Waals surface area contributed by atoms with E-state index in [9.17, 15) is 23.3 Å². The lowest BCUT2D eigenvalue weighted by atomic mass is 10.2. The van der Waals surface area contributed by atoms with Crippen molar-refractivity contribution in [1.82, 2.24) is 0 Å². The topological polar surface area (TPSA) is 67.5 Å². The van der Waals surface area contributed by atoms with Crippen molar-refractivity contribution in [3.63, 3.8) is 0 Å². The van der Waals surface area contributed by atoms with Gasteiger partial charge in [0, 0.05) is 11.6 Å². The SMILES string of the molecule is O=[N+]([O-])c1cc(C=NNc2cccc(C(F)(F)F)c2)ccc1Cl. The van der Waals surface area contributed by atoms with Crippen molar-refractivity contribution in [2.24, 2.45) is 5.10 Å². The summed E-state index contributed by atoms with van der Waals surface area (Å²) in [5.41, 5.74) is 1.86. The van der Waals surface area contributed by atoms with Crippen molar-refractivity contribution in [1.29, 1.82) is 0 Å². The third-order valence-corrected chi connectivity index (χ3v) is 3.08. The van der Waals surface area contributed by atoms with E-state index < -0.39 is 16.7 Å². The minimum Gasteiger partial charge on any atom is -0.278 e. The van der Waals surface area contributed by atoms with Gasteiger partial charge in [-0.05, 0) is 24.3 Å². The van der Waals surface area contributed by atoms with Gasteiger partial charge in [0.2, 0.25) is 0 Å². The van der Waals surface area contributed by atoms with E-state index in [0.29, 0.717) is 5.56 Å². The molecule has 9 heteroatoms. The Morgan fingerprint density at radius 1 is 1.22 bits per heavy atom. The predicted molar refractivity (Wildman–Crippen MR) is 80.8 cm³/mol. The summed E-state index contributed by atoms with van der Waals surface area (Å²) in [5.74, 6) is 0. The highest BCUT2D eigenvalue weighted by molar-refractivity contribution is 6.32. The summed E-state index contributed by atoms with van der Waals surface area (Å²) in [6.45, 7) is 0. The first kappa shape index (κ1) is 16.8. The number of nitro benzene ring substituents is 1. The van der Waals surface area contributed by atoms with Crippen LogP contribution in [-0.2, 0) is 6.18 Å². The Kier molecular flexibility index (Phi) is 4.85. The highest BCUT2D eigenvalue weighted by atomic mass is 35.5. The van der Waals surface area contributed by atoms with E-state index in [-0.39, 0.29) is 16.4 Å². The molecule has 2 aromatic carbocycles. The van der Waals surface area contributed by atoms with E-state index in [1.165, 1.54) is 36.5 Å². The lowest BCUT2D eigenvalue weighted by Crippen LogP contribution is -2.05. The predicted octanol–water partition coefficient (Wildman–Crippen LogP) is 4.71. The molecule has 0 aliphatic rings. The number of nitrogens with zero attached hydrogens (tertiary/aromatic N) is 2. The number of halogens is 4. The maximum atomic E-state index is 12.6. The Morgan fingerprint density at radius 3 is 2.61 bits per heavy atom. The number of nitro groups is 1. The van der Waals surface area contributed by atoms with Gasteiger partial charge in [-0.3, -0.25) is 15.5 Å². The zero-order chi connectivity index (χ0) is 17.0. The lowest BCUT2D eigenvalue weighted by Gasteiger charge is -2.08. The van der Waals surface area contributed by atoms with E-state index >= 15 is 0 Å². The number of hydrazone groups is 1. The highest BCUT2D eigenvalue weighted by Gasteiger charge is 2.30. The quantitative estimate of drug-likeness (QED) is 0.496. The van der Waals surface area contributed by atoms with Gasteiger partial charge in [-0.15, -0.1) is 0 Å². The van der Waals surface area contributed by atoms with Crippen LogP contribution in [0.3, 0.4) is 0 Å². The van der Waals surface area contributed by atoms with Crippen molar-refractivity contribution in [3.8, 4) is 0 Å². The number of rotatable bonds is 4. The summed E-state index contributed by atoms with van der Waals surface area (Å²) in [6, 6.07) is 8.54. The molecule has 23 heavy (non-hydrogen) atoms. The van der Waals surface area contributed by atoms with E-state index in [1.54, 1.807) is 0 Å². The van der Waals surface area contributed by atoms with Crippen LogP contribution in [0.25, 0.3) is 0 Å². The summed E-state index contributed by atoms with van der Waals surface area (Å²) in [4.78, 5) is 10.1. The standard InChI is InChI=1S/C14H9ClF3N3O2/c15-12-5-4-9(6-13(12)21(22)23)8-19-20-11-3-1-2-10(7-11)14(16,17)18/h1-8,20H. The van der Waals surface area contributed by atoms with E-state index in [2.05, 4.69) is 10.5 Å². The van der Waals surface area contributed by atoms with Gasteiger partial charge >= 0.3 is 6.18 Å². The lowest BCUT2D eigenvalue weighted by molar-refractivity contribution is -0.384. The molecule has 2 rings (SSSR count). The summed E-state index contributed by atoms with van der Waals surface area (Å²) in [5, 5.41) is 14.5. The van der Waals surface area contributed by atoms with Gasteiger partial charge in [-0.2, -0.15) is 18.3 Å². The molecule has 0 aliphatic carbocycles. The minimum absolute atomic E-state index is 0.0158. The van der Waals surface area contributed by atoms with Gasteiger partial charge < -0.3 is 0 Å². The first-order valence-electron chi connectivity index (χ1n) is 6.17. The Hall–Kier alpha value is -2.61. The van der Waals surface area contributed by atoms with Gasteiger partial charge in [0.1, 0.15) is 5.02 Å². The third kappa shape index (κ3) is 4.43. The van der Waals surface area contributed by atoms with Crippen LogP contribution in [0.4, 0.5) is 24.5 Å². The second-order valence-electron chi connectivity index (χ2n) is 4.42. The number of nitrogens with one attached hydrogen (secondary N) is 1. The molecular formula is C14H9ClF3N3O2. The molecule has 0 spiro atoms. The van der Waals surface area contributed by atoms with Gasteiger partial charge in [0.15, 0.2) is 0 Å². The zero-order valence-electron chi connectivity index (χ0n) is 11.3. The molecular weight excluding hydrogens is 335 g/mol. The molecule has 120 valence electrons. The van der Waals surface area contributed by atoms with Crippen molar-refractivity contribution < 1.29 is 18.1 Å². The first-order chi connectivity index (χ1) is 10.8. The van der Waals surface area contributed by atoms with Gasteiger partial charge in [0.05, 0.1) is 22.4 Å². The molecule has 5 nitrogen and oxygen atoms in total. The Morgan fingerprint density at radius 2 is 1.96 bits per heavy atom. The van der Waals surface area contributed by atoms with E-state index in [1.807, 2.05) is 0 Å². The van der Waals surface area contributed by atoms with Crippen LogP contribution in [0.2, 0.25) is 5.02 Å². The maximum Gasteiger partial charge on any atom is 0.416 e. The summed E-state index contributed by atoms with van der Waals surface area (Å²) < 4.78 is 37.7. The molecule has 2 aromatic rings. The Balaban J connectivity index is 2.13. The Bertz CT molecular complexity index is 763. The average Bonchev–Trinajstić information content (AvgIpc) is 2.48. The van der Waals surface area contributed by atoms with Gasteiger partial charge in [-0.25, -0.2) is 0 Å². The van der Waals surface area contributed by atoms with Crippen LogP contribution in [0.5, 0.6) is 0 Å². The largest absolute Gasteiger partial charge is 0.416 e. The van der Waals surface area contributed by atoms with Gasteiger partial charge in [0.25, 0.3) is 5.69 Å². The number of alkyl halides is 3. The molecule has 0 bridgehead atoms. The molecule has 0 unspecified atom stereocenters. The zero-order valence-corrected chi connectivity index (χ0v) is 12.1. The van der Waals surface area contributed by atoms with Crippen molar-refractivity contribution in [3.05, 3.63) is 68.7 Å². The summed E-state index contributed by atoms with van der Waals surface area (Å²) in [6.07, 6.45) is -3.21. The minimum atomic E-state index is -4.45. The number of hydrogen-bond acceptors (Lipinski definition) is 4. The molecule has 0 amide bonds. The first-order valence-corrected chi connectivity index (χ1v) is 6.55. The second-order valence-corrected chi connectivity index (χ2v) is 4.82. The molecule has 0 aliphatic heterocycles. The van der Waals surface area contributed by atoms with Crippen LogP contribution in [0, 0.1) is 10.1 Å². The maximum absolute atomic E-state index is 12.6.